The third-order valence-electron chi connectivity index (χ3n) is 6.28. The largest absolute Gasteiger partial charge is 0.305 e. The van der Waals surface area contributed by atoms with Gasteiger partial charge in [-0.1, -0.05) is 27.5 Å². The molecule has 2 aliphatic heterocycles. The smallest absolute Gasteiger partial charge is 0.264 e. The Morgan fingerprint density at radius 1 is 1.00 bits per heavy atom. The minimum Gasteiger partial charge on any atom is -0.305 e. The highest BCUT2D eigenvalue weighted by Crippen LogP contribution is 2.37. The number of hydrogen-bond acceptors (Lipinski definition) is 3. The van der Waals surface area contributed by atoms with Crippen molar-refractivity contribution in [3.8, 4) is 0 Å². The SMILES string of the molecule is C[C@@H]1Cc2cc(Br)ccc2N1C(=O)c1ccc2c(c1)CCCN2S(=O)(=O)c1ccc(Cl)cc1. The second kappa shape index (κ2) is 8.46. The molecular formula is C25H22BrClN2O3S. The van der Waals surface area contributed by atoms with Crippen LogP contribution in [-0.4, -0.2) is 26.9 Å². The Labute approximate surface area is 207 Å². The van der Waals surface area contributed by atoms with Crippen molar-refractivity contribution in [2.45, 2.75) is 37.1 Å². The Bertz CT molecular complexity index is 1360. The summed E-state index contributed by atoms with van der Waals surface area (Å²) in [6, 6.07) is 17.6. The average molecular weight is 546 g/mol. The number of fused-ring (bicyclic) bond motifs is 2. The molecule has 0 N–H and O–H groups in total. The van der Waals surface area contributed by atoms with Crippen molar-refractivity contribution in [3.05, 3.63) is 86.8 Å². The predicted octanol–water partition coefficient (Wildman–Crippen LogP) is 5.84. The Balaban J connectivity index is 1.48. The first-order valence-electron chi connectivity index (χ1n) is 10.8. The molecule has 0 fully saturated rings. The van der Waals surface area contributed by atoms with Crippen molar-refractivity contribution >= 4 is 54.8 Å². The molecule has 33 heavy (non-hydrogen) atoms. The van der Waals surface area contributed by atoms with E-state index in [1.807, 2.05) is 30.0 Å². The van der Waals surface area contributed by atoms with Crippen LogP contribution in [0.25, 0.3) is 0 Å². The van der Waals surface area contributed by atoms with E-state index in [0.29, 0.717) is 29.2 Å². The first-order chi connectivity index (χ1) is 15.8. The van der Waals surface area contributed by atoms with E-state index in [4.69, 9.17) is 11.6 Å². The third kappa shape index (κ3) is 3.96. The number of rotatable bonds is 3. The summed E-state index contributed by atoms with van der Waals surface area (Å²) in [5, 5.41) is 0.487. The second-order valence-electron chi connectivity index (χ2n) is 8.48. The van der Waals surface area contributed by atoms with Gasteiger partial charge in [0.05, 0.1) is 10.6 Å². The molecule has 3 aromatic rings. The molecule has 5 nitrogen and oxygen atoms in total. The van der Waals surface area contributed by atoms with Gasteiger partial charge in [0.25, 0.3) is 15.9 Å². The number of sulfonamides is 1. The molecule has 0 saturated carbocycles. The van der Waals surface area contributed by atoms with Gasteiger partial charge in [-0.25, -0.2) is 8.42 Å². The molecule has 2 heterocycles. The molecule has 0 saturated heterocycles. The van der Waals surface area contributed by atoms with Gasteiger partial charge in [0, 0.05) is 33.3 Å². The Morgan fingerprint density at radius 3 is 2.48 bits per heavy atom. The van der Waals surface area contributed by atoms with Crippen LogP contribution in [0.15, 0.2) is 70.0 Å². The number of carbonyl (C=O) groups is 1. The van der Waals surface area contributed by atoms with Crippen LogP contribution in [0.1, 0.15) is 34.8 Å². The fraction of sp³-hybridized carbons (Fsp3) is 0.240. The lowest BCUT2D eigenvalue weighted by molar-refractivity contribution is 0.0981. The first kappa shape index (κ1) is 22.4. The summed E-state index contributed by atoms with van der Waals surface area (Å²) >= 11 is 9.44. The van der Waals surface area contributed by atoms with Crippen LogP contribution < -0.4 is 9.21 Å². The van der Waals surface area contributed by atoms with Crippen molar-refractivity contribution < 1.29 is 13.2 Å². The van der Waals surface area contributed by atoms with Gasteiger partial charge in [0.1, 0.15) is 0 Å². The van der Waals surface area contributed by atoms with Crippen LogP contribution in [0.4, 0.5) is 11.4 Å². The zero-order chi connectivity index (χ0) is 23.3. The van der Waals surface area contributed by atoms with Crippen LogP contribution >= 0.6 is 27.5 Å². The van der Waals surface area contributed by atoms with Gasteiger partial charge in [-0.15, -0.1) is 0 Å². The average Bonchev–Trinajstić information content (AvgIpc) is 3.12. The maximum atomic E-state index is 13.5. The van der Waals surface area contributed by atoms with Crippen molar-refractivity contribution in [1.82, 2.24) is 0 Å². The number of hydrogen-bond donors (Lipinski definition) is 0. The van der Waals surface area contributed by atoms with Gasteiger partial charge in [0.2, 0.25) is 0 Å². The molecule has 0 aliphatic carbocycles. The zero-order valence-electron chi connectivity index (χ0n) is 18.0. The van der Waals surface area contributed by atoms with E-state index < -0.39 is 10.0 Å². The molecule has 5 rings (SSSR count). The van der Waals surface area contributed by atoms with Crippen molar-refractivity contribution in [3.63, 3.8) is 0 Å². The molecule has 1 amide bonds. The molecule has 1 atom stereocenters. The highest BCUT2D eigenvalue weighted by molar-refractivity contribution is 9.10. The first-order valence-corrected chi connectivity index (χ1v) is 13.4. The van der Waals surface area contributed by atoms with E-state index in [1.165, 1.54) is 16.4 Å². The van der Waals surface area contributed by atoms with Crippen molar-refractivity contribution in [2.24, 2.45) is 0 Å². The summed E-state index contributed by atoms with van der Waals surface area (Å²) in [4.78, 5) is 15.5. The highest BCUT2D eigenvalue weighted by atomic mass is 79.9. The topological polar surface area (TPSA) is 57.7 Å². The molecular weight excluding hydrogens is 524 g/mol. The van der Waals surface area contributed by atoms with Crippen LogP contribution in [-0.2, 0) is 22.9 Å². The molecule has 170 valence electrons. The highest BCUT2D eigenvalue weighted by Gasteiger charge is 2.33. The fourth-order valence-electron chi connectivity index (χ4n) is 4.73. The van der Waals surface area contributed by atoms with E-state index in [1.54, 1.807) is 24.3 Å². The third-order valence-corrected chi connectivity index (χ3v) is 8.85. The van der Waals surface area contributed by atoms with Crippen LogP contribution in [0.3, 0.4) is 0 Å². The predicted molar refractivity (Wildman–Crippen MR) is 135 cm³/mol. The normalized spacial score (nSPS) is 17.6. The van der Waals surface area contributed by atoms with E-state index in [2.05, 4.69) is 22.0 Å². The molecule has 0 radical (unpaired) electrons. The second-order valence-corrected chi connectivity index (χ2v) is 11.7. The standard InChI is InChI=1S/C25H22BrClN2O3S/c1-16-13-19-15-20(26)5-11-24(19)29(16)25(30)18-4-10-23-17(14-18)3-2-12-28(23)33(31,32)22-8-6-21(27)7-9-22/h4-11,14-16H,2-3,12-13H2,1H3/t16-/m1/s1. The Morgan fingerprint density at radius 2 is 1.73 bits per heavy atom. The Hall–Kier alpha value is -2.35. The summed E-state index contributed by atoms with van der Waals surface area (Å²) in [7, 11) is -3.72. The van der Waals surface area contributed by atoms with Crippen LogP contribution in [0.5, 0.6) is 0 Å². The lowest BCUT2D eigenvalue weighted by atomic mass is 10.00. The summed E-state index contributed by atoms with van der Waals surface area (Å²) in [5.41, 5.74) is 4.14. The van der Waals surface area contributed by atoms with Gasteiger partial charge in [-0.05, 0) is 98.0 Å². The Kier molecular flexibility index (Phi) is 5.75. The number of anilines is 2. The van der Waals surface area contributed by atoms with Crippen molar-refractivity contribution in [2.75, 3.05) is 15.7 Å². The molecule has 2 aliphatic rings. The molecule has 0 unspecified atom stereocenters. The molecule has 3 aromatic carbocycles. The lowest BCUT2D eigenvalue weighted by Gasteiger charge is -2.31. The van der Waals surface area contributed by atoms with Crippen LogP contribution in [0, 0.1) is 0 Å². The fourth-order valence-corrected chi connectivity index (χ4v) is 6.80. The van der Waals surface area contributed by atoms with Gasteiger partial charge < -0.3 is 4.90 Å². The number of halogens is 2. The monoisotopic (exact) mass is 544 g/mol. The summed E-state index contributed by atoms with van der Waals surface area (Å²) in [6.45, 7) is 2.45. The van der Waals surface area contributed by atoms with Gasteiger partial charge >= 0.3 is 0 Å². The molecule has 0 spiro atoms. The number of aryl methyl sites for hydroxylation is 1. The number of carbonyl (C=O) groups excluding carboxylic acids is 1. The molecule has 0 bridgehead atoms. The van der Waals surface area contributed by atoms with Crippen molar-refractivity contribution in [1.29, 1.82) is 0 Å². The summed E-state index contributed by atoms with van der Waals surface area (Å²) < 4.78 is 29.0. The zero-order valence-corrected chi connectivity index (χ0v) is 21.1. The van der Waals surface area contributed by atoms with Gasteiger partial charge in [-0.3, -0.25) is 9.10 Å². The van der Waals surface area contributed by atoms with E-state index in [0.717, 1.165) is 34.1 Å². The quantitative estimate of drug-likeness (QED) is 0.416. The van der Waals surface area contributed by atoms with Gasteiger partial charge in [0.15, 0.2) is 0 Å². The number of nitrogens with zero attached hydrogens (tertiary/aromatic N) is 2. The van der Waals surface area contributed by atoms with Crippen LogP contribution in [0.2, 0.25) is 5.02 Å². The van der Waals surface area contributed by atoms with E-state index >= 15 is 0 Å². The van der Waals surface area contributed by atoms with E-state index in [-0.39, 0.29) is 16.8 Å². The summed E-state index contributed by atoms with van der Waals surface area (Å²) in [6.07, 6.45) is 2.22. The summed E-state index contributed by atoms with van der Waals surface area (Å²) in [5.74, 6) is -0.0657. The lowest BCUT2D eigenvalue weighted by Crippen LogP contribution is -2.37. The minimum absolute atomic E-state index is 0.0552. The maximum absolute atomic E-state index is 13.5. The molecule has 8 heteroatoms. The molecule has 0 aromatic heterocycles. The van der Waals surface area contributed by atoms with E-state index in [9.17, 15) is 13.2 Å². The number of benzene rings is 3. The maximum Gasteiger partial charge on any atom is 0.264 e. The number of amides is 1. The minimum atomic E-state index is -3.72. The van der Waals surface area contributed by atoms with Gasteiger partial charge in [-0.2, -0.15) is 0 Å².